The van der Waals surface area contributed by atoms with Crippen molar-refractivity contribution in [1.82, 2.24) is 5.17 Å². The lowest BCUT2D eigenvalue weighted by atomic mass is 10.8. The SMILES string of the molecule is CCN(OC(C)=O)[N+](=O)[O-]. The Morgan fingerprint density at radius 1 is 1.80 bits per heavy atom. The Hall–Kier alpha value is -1.33. The number of hydrogen-bond acceptors (Lipinski definition) is 4. The van der Waals surface area contributed by atoms with Crippen molar-refractivity contribution in [3.63, 3.8) is 0 Å². The molecule has 0 aliphatic heterocycles. The molecule has 0 saturated carbocycles. The molecule has 0 saturated heterocycles. The van der Waals surface area contributed by atoms with Crippen LogP contribution in [-0.2, 0) is 9.63 Å². The van der Waals surface area contributed by atoms with E-state index in [4.69, 9.17) is 0 Å². The van der Waals surface area contributed by atoms with Gasteiger partial charge in [-0.1, -0.05) is 0 Å². The van der Waals surface area contributed by atoms with Crippen LogP contribution in [0, 0.1) is 10.1 Å². The Labute approximate surface area is 57.4 Å². The molecule has 0 bridgehead atoms. The van der Waals surface area contributed by atoms with Crippen LogP contribution < -0.4 is 0 Å². The summed E-state index contributed by atoms with van der Waals surface area (Å²) in [5, 5.41) is 9.49. The lowest BCUT2D eigenvalue weighted by molar-refractivity contribution is -0.723. The van der Waals surface area contributed by atoms with Crippen LogP contribution >= 0.6 is 0 Å². The summed E-state index contributed by atoms with van der Waals surface area (Å²) in [6.45, 7) is 2.64. The molecule has 0 aromatic rings. The minimum Gasteiger partial charge on any atom is -0.289 e. The van der Waals surface area contributed by atoms with Crippen molar-refractivity contribution in [3.8, 4) is 0 Å². The van der Waals surface area contributed by atoms with Crippen LogP contribution in [0.3, 0.4) is 0 Å². The number of hydrogen-bond donors (Lipinski definition) is 0. The summed E-state index contributed by atoms with van der Waals surface area (Å²) in [7, 11) is 0. The molecule has 0 unspecified atom stereocenters. The van der Waals surface area contributed by atoms with E-state index < -0.39 is 11.0 Å². The molecule has 0 heterocycles. The molecule has 0 aliphatic carbocycles. The maximum Gasteiger partial charge on any atom is 0.335 e. The van der Waals surface area contributed by atoms with E-state index >= 15 is 0 Å². The fourth-order valence-electron chi connectivity index (χ4n) is 0.362. The number of carbonyl (C=O) groups excluding carboxylic acids is 1. The molecule has 0 fully saturated rings. The van der Waals surface area contributed by atoms with Crippen LogP contribution in [0.25, 0.3) is 0 Å². The lowest BCUT2D eigenvalue weighted by Crippen LogP contribution is -2.31. The van der Waals surface area contributed by atoms with E-state index in [-0.39, 0.29) is 6.54 Å². The highest BCUT2D eigenvalue weighted by Crippen LogP contribution is 1.89. The third kappa shape index (κ3) is 2.85. The highest BCUT2D eigenvalue weighted by molar-refractivity contribution is 5.65. The normalized spacial score (nSPS) is 8.60. The highest BCUT2D eigenvalue weighted by atomic mass is 16.8. The fourth-order valence-corrected chi connectivity index (χ4v) is 0.362. The average Bonchev–Trinajstić information content (AvgIpc) is 1.81. The first kappa shape index (κ1) is 8.67. The maximum absolute atomic E-state index is 10.1. The van der Waals surface area contributed by atoms with E-state index in [1.165, 1.54) is 6.92 Å². The van der Waals surface area contributed by atoms with Gasteiger partial charge >= 0.3 is 5.97 Å². The predicted molar refractivity (Wildman–Crippen MR) is 31.1 cm³/mol. The van der Waals surface area contributed by atoms with Crippen molar-refractivity contribution in [2.24, 2.45) is 0 Å². The Morgan fingerprint density at radius 3 is 2.40 bits per heavy atom. The molecule has 6 heteroatoms. The smallest absolute Gasteiger partial charge is 0.289 e. The summed E-state index contributed by atoms with van der Waals surface area (Å²) in [6, 6.07) is 0. The second kappa shape index (κ2) is 3.65. The van der Waals surface area contributed by atoms with Crippen LogP contribution in [0.5, 0.6) is 0 Å². The Kier molecular flexibility index (Phi) is 3.16. The summed E-state index contributed by atoms with van der Waals surface area (Å²) in [5.74, 6) is -0.696. The van der Waals surface area contributed by atoms with Gasteiger partial charge in [-0.15, -0.1) is 0 Å². The third-order valence-electron chi connectivity index (χ3n) is 0.687. The van der Waals surface area contributed by atoms with Gasteiger partial charge in [0.2, 0.25) is 0 Å². The average molecular weight is 148 g/mol. The van der Waals surface area contributed by atoms with E-state index in [0.717, 1.165) is 6.92 Å². The van der Waals surface area contributed by atoms with Crippen LogP contribution in [-0.4, -0.2) is 22.7 Å². The zero-order valence-electron chi connectivity index (χ0n) is 5.73. The second-order valence-electron chi connectivity index (χ2n) is 1.49. The summed E-state index contributed by atoms with van der Waals surface area (Å²) in [4.78, 5) is 24.2. The monoisotopic (exact) mass is 148 g/mol. The molecule has 0 aromatic heterocycles. The first-order valence-electron chi connectivity index (χ1n) is 2.68. The van der Waals surface area contributed by atoms with Crippen LogP contribution in [0.4, 0.5) is 0 Å². The van der Waals surface area contributed by atoms with Gasteiger partial charge in [-0.05, 0) is 6.92 Å². The fraction of sp³-hybridized carbons (Fsp3) is 0.750. The minimum absolute atomic E-state index is 0.0343. The molecule has 0 amide bonds. The molecule has 6 nitrogen and oxygen atoms in total. The molecule has 0 spiro atoms. The Balaban J connectivity index is 3.83. The molecule has 0 atom stereocenters. The first-order valence-corrected chi connectivity index (χ1v) is 2.68. The Bertz CT molecular complexity index is 146. The van der Waals surface area contributed by atoms with Crippen molar-refractivity contribution < 1.29 is 14.7 Å². The molecule has 58 valence electrons. The molecular weight excluding hydrogens is 140 g/mol. The summed E-state index contributed by atoms with van der Waals surface area (Å²) < 4.78 is 0. The van der Waals surface area contributed by atoms with Crippen LogP contribution in [0.15, 0.2) is 0 Å². The van der Waals surface area contributed by atoms with Crippen LogP contribution in [0.1, 0.15) is 13.8 Å². The van der Waals surface area contributed by atoms with Crippen LogP contribution in [0.2, 0.25) is 0 Å². The molecular formula is C4H8N2O4. The van der Waals surface area contributed by atoms with Crippen molar-refractivity contribution in [2.75, 3.05) is 6.54 Å². The quantitative estimate of drug-likeness (QED) is 0.415. The number of rotatable bonds is 3. The van der Waals surface area contributed by atoms with Crippen molar-refractivity contribution in [3.05, 3.63) is 10.1 Å². The van der Waals surface area contributed by atoms with Gasteiger partial charge in [0.15, 0.2) is 5.03 Å². The van der Waals surface area contributed by atoms with E-state index in [9.17, 15) is 14.9 Å². The first-order chi connectivity index (χ1) is 4.57. The number of nitrogens with zero attached hydrogens (tertiary/aromatic N) is 2. The van der Waals surface area contributed by atoms with Gasteiger partial charge in [0, 0.05) is 6.92 Å². The van der Waals surface area contributed by atoms with Gasteiger partial charge in [-0.2, -0.15) is 0 Å². The van der Waals surface area contributed by atoms with E-state index in [1.54, 1.807) is 0 Å². The third-order valence-corrected chi connectivity index (χ3v) is 0.687. The van der Waals surface area contributed by atoms with E-state index in [1.807, 2.05) is 0 Å². The van der Waals surface area contributed by atoms with Gasteiger partial charge in [0.05, 0.1) is 5.17 Å². The summed E-state index contributed by atoms with van der Waals surface area (Å²) in [6.07, 6.45) is 0. The van der Waals surface area contributed by atoms with E-state index in [0.29, 0.717) is 5.17 Å². The Morgan fingerprint density at radius 2 is 2.30 bits per heavy atom. The molecule has 0 aliphatic rings. The molecule has 0 rings (SSSR count). The highest BCUT2D eigenvalue weighted by Gasteiger charge is 2.13. The molecule has 10 heavy (non-hydrogen) atoms. The molecule has 0 aromatic carbocycles. The standard InChI is InChI=1S/C4H8N2O4/c1-3-5(6(8)9)10-4(2)7/h3H2,1-2H3. The zero-order valence-corrected chi connectivity index (χ0v) is 5.73. The number of hydroxylamine groups is 1. The van der Waals surface area contributed by atoms with Crippen molar-refractivity contribution >= 4 is 5.97 Å². The zero-order chi connectivity index (χ0) is 8.15. The van der Waals surface area contributed by atoms with Gasteiger partial charge in [0.1, 0.15) is 6.54 Å². The minimum atomic E-state index is -0.790. The van der Waals surface area contributed by atoms with E-state index in [2.05, 4.69) is 4.84 Å². The second-order valence-corrected chi connectivity index (χ2v) is 1.49. The largest absolute Gasteiger partial charge is 0.335 e. The summed E-state index contributed by atoms with van der Waals surface area (Å²) in [5.41, 5.74) is 0. The van der Waals surface area contributed by atoms with Gasteiger partial charge in [-0.25, -0.2) is 14.9 Å². The van der Waals surface area contributed by atoms with Crippen molar-refractivity contribution in [2.45, 2.75) is 13.8 Å². The molecule has 0 radical (unpaired) electrons. The predicted octanol–water partition coefficient (Wildman–Crippen LogP) is -0.0219. The number of hydrazine groups is 1. The van der Waals surface area contributed by atoms with Gasteiger partial charge in [0.25, 0.3) is 0 Å². The van der Waals surface area contributed by atoms with Gasteiger partial charge in [-0.3, -0.25) is 4.84 Å². The topological polar surface area (TPSA) is 72.7 Å². The molecule has 0 N–H and O–H groups in total. The van der Waals surface area contributed by atoms with Crippen molar-refractivity contribution in [1.29, 1.82) is 0 Å². The number of carbonyl (C=O) groups is 1. The van der Waals surface area contributed by atoms with Gasteiger partial charge < -0.3 is 0 Å². The summed E-state index contributed by atoms with van der Waals surface area (Å²) >= 11 is 0. The maximum atomic E-state index is 10.1. The lowest BCUT2D eigenvalue weighted by Gasteiger charge is -2.07. The number of nitro groups is 1.